The third-order valence-electron chi connectivity index (χ3n) is 2.74. The Balaban J connectivity index is 2.55. The Morgan fingerprint density at radius 2 is 2.22 bits per heavy atom. The molecule has 1 rings (SSSR count). The van der Waals surface area contributed by atoms with Gasteiger partial charge < -0.3 is 15.5 Å². The highest BCUT2D eigenvalue weighted by molar-refractivity contribution is 5.93. The molecule has 0 aliphatic carbocycles. The van der Waals surface area contributed by atoms with Crippen LogP contribution >= 0.6 is 0 Å². The van der Waals surface area contributed by atoms with Crippen LogP contribution in [0.1, 0.15) is 35.8 Å². The van der Waals surface area contributed by atoms with Crippen LogP contribution in [0.15, 0.2) is 12.1 Å². The lowest BCUT2D eigenvalue weighted by Crippen LogP contribution is -2.11. The van der Waals surface area contributed by atoms with Gasteiger partial charge in [0, 0.05) is 18.8 Å². The molecule has 0 aliphatic rings. The van der Waals surface area contributed by atoms with Gasteiger partial charge in [-0.1, -0.05) is 6.92 Å². The van der Waals surface area contributed by atoms with E-state index in [1.165, 1.54) is 0 Å². The van der Waals surface area contributed by atoms with Crippen molar-refractivity contribution in [3.63, 3.8) is 0 Å². The Labute approximate surface area is 107 Å². The summed E-state index contributed by atoms with van der Waals surface area (Å²) < 4.78 is 0. The Bertz CT molecular complexity index is 407. The largest absolute Gasteiger partial charge is 0.478 e. The van der Waals surface area contributed by atoms with E-state index < -0.39 is 5.97 Å². The smallest absolute Gasteiger partial charge is 0.339 e. The third-order valence-corrected chi connectivity index (χ3v) is 2.74. The Morgan fingerprint density at radius 3 is 2.83 bits per heavy atom. The average Bonchev–Trinajstić information content (AvgIpc) is 2.34. The van der Waals surface area contributed by atoms with Crippen LogP contribution in [0.3, 0.4) is 0 Å². The number of carboxylic acid groups (broad SMARTS) is 1. The molecule has 18 heavy (non-hydrogen) atoms. The van der Waals surface area contributed by atoms with Gasteiger partial charge >= 0.3 is 5.97 Å². The number of carbonyl (C=O) groups is 1. The maximum absolute atomic E-state index is 11.0. The van der Waals surface area contributed by atoms with Crippen LogP contribution < -0.4 is 5.32 Å². The van der Waals surface area contributed by atoms with E-state index in [1.54, 1.807) is 12.1 Å². The van der Waals surface area contributed by atoms with Gasteiger partial charge in [-0.3, -0.25) is 0 Å². The van der Waals surface area contributed by atoms with Gasteiger partial charge in [0.15, 0.2) is 0 Å². The van der Waals surface area contributed by atoms with E-state index in [9.17, 15) is 4.79 Å². The van der Waals surface area contributed by atoms with E-state index >= 15 is 0 Å². The molecule has 100 valence electrons. The molecule has 1 aromatic rings. The fraction of sp³-hybridized carbons (Fsp3) is 0.538. The van der Waals surface area contributed by atoms with Crippen LogP contribution in [0.5, 0.6) is 0 Å². The summed E-state index contributed by atoms with van der Waals surface area (Å²) in [4.78, 5) is 15.2. The summed E-state index contributed by atoms with van der Waals surface area (Å²) in [5.74, 6) is -0.288. The van der Waals surface area contributed by atoms with E-state index in [0.717, 1.165) is 18.5 Å². The summed E-state index contributed by atoms with van der Waals surface area (Å²) in [6.07, 6.45) is 1.77. The summed E-state index contributed by atoms with van der Waals surface area (Å²) in [6, 6.07) is 3.24. The molecule has 0 spiro atoms. The van der Waals surface area contributed by atoms with Gasteiger partial charge in [-0.25, -0.2) is 9.78 Å². The maximum Gasteiger partial charge on any atom is 0.339 e. The van der Waals surface area contributed by atoms with Gasteiger partial charge in [-0.2, -0.15) is 0 Å². The quantitative estimate of drug-likeness (QED) is 0.646. The number of anilines is 1. The monoisotopic (exact) mass is 252 g/mol. The van der Waals surface area contributed by atoms with Crippen molar-refractivity contribution in [1.82, 2.24) is 4.98 Å². The summed E-state index contributed by atoms with van der Waals surface area (Å²) in [5.41, 5.74) is 0.974. The molecule has 5 heteroatoms. The predicted molar refractivity (Wildman–Crippen MR) is 69.9 cm³/mol. The molecule has 5 nitrogen and oxygen atoms in total. The summed E-state index contributed by atoms with van der Waals surface area (Å²) in [6.45, 7) is 4.64. The Hall–Kier alpha value is -1.62. The van der Waals surface area contributed by atoms with Crippen LogP contribution in [0.4, 0.5) is 5.82 Å². The molecular formula is C13H20N2O3. The number of pyridine rings is 1. The van der Waals surface area contributed by atoms with Crippen molar-refractivity contribution in [3.05, 3.63) is 23.4 Å². The lowest BCUT2D eigenvalue weighted by molar-refractivity contribution is 0.0697. The minimum atomic E-state index is -0.978. The zero-order chi connectivity index (χ0) is 13.5. The molecule has 0 fully saturated rings. The standard InChI is InChI=1S/C13H20N2O3/c1-9(8-16)4-3-7-14-12-11(13(17)18)6-5-10(2)15-12/h5-6,9,16H,3-4,7-8H2,1-2H3,(H,14,15)(H,17,18). The number of rotatable bonds is 7. The van der Waals surface area contributed by atoms with Gasteiger partial charge in [0.25, 0.3) is 0 Å². The van der Waals surface area contributed by atoms with Crippen molar-refractivity contribution in [3.8, 4) is 0 Å². The van der Waals surface area contributed by atoms with Crippen molar-refractivity contribution in [1.29, 1.82) is 0 Å². The van der Waals surface area contributed by atoms with Crippen LogP contribution in [-0.4, -0.2) is 34.3 Å². The van der Waals surface area contributed by atoms with E-state index in [2.05, 4.69) is 10.3 Å². The van der Waals surface area contributed by atoms with Crippen molar-refractivity contribution < 1.29 is 15.0 Å². The Kier molecular flexibility index (Phi) is 5.58. The van der Waals surface area contributed by atoms with Gasteiger partial charge in [0.05, 0.1) is 0 Å². The van der Waals surface area contributed by atoms with E-state index in [-0.39, 0.29) is 18.1 Å². The first-order chi connectivity index (χ1) is 8.54. The minimum absolute atomic E-state index is 0.184. The van der Waals surface area contributed by atoms with Crippen molar-refractivity contribution in [2.45, 2.75) is 26.7 Å². The number of nitrogens with zero attached hydrogens (tertiary/aromatic N) is 1. The molecule has 1 unspecified atom stereocenters. The SMILES string of the molecule is Cc1ccc(C(=O)O)c(NCCCC(C)CO)n1. The zero-order valence-electron chi connectivity index (χ0n) is 10.8. The molecule has 0 aliphatic heterocycles. The van der Waals surface area contributed by atoms with Crippen LogP contribution in [-0.2, 0) is 0 Å². The number of aromatic carboxylic acids is 1. The molecule has 1 aromatic heterocycles. The van der Waals surface area contributed by atoms with Gasteiger partial charge in [0.1, 0.15) is 11.4 Å². The van der Waals surface area contributed by atoms with Crippen LogP contribution in [0.25, 0.3) is 0 Å². The number of aliphatic hydroxyl groups excluding tert-OH is 1. The molecule has 0 saturated carbocycles. The van der Waals surface area contributed by atoms with Gasteiger partial charge in [0.2, 0.25) is 0 Å². The first-order valence-corrected chi connectivity index (χ1v) is 6.10. The molecular weight excluding hydrogens is 232 g/mol. The normalized spacial score (nSPS) is 12.2. The van der Waals surface area contributed by atoms with E-state index in [0.29, 0.717) is 12.4 Å². The fourth-order valence-corrected chi connectivity index (χ4v) is 1.61. The predicted octanol–water partition coefficient (Wildman–Crippen LogP) is 1.91. The van der Waals surface area contributed by atoms with Gasteiger partial charge in [-0.15, -0.1) is 0 Å². The molecule has 0 saturated heterocycles. The molecule has 0 radical (unpaired) electrons. The first-order valence-electron chi connectivity index (χ1n) is 6.10. The highest BCUT2D eigenvalue weighted by atomic mass is 16.4. The van der Waals surface area contributed by atoms with Crippen LogP contribution in [0.2, 0.25) is 0 Å². The Morgan fingerprint density at radius 1 is 1.50 bits per heavy atom. The second kappa shape index (κ2) is 6.96. The van der Waals surface area contributed by atoms with E-state index in [1.807, 2.05) is 13.8 Å². The number of carboxylic acids is 1. The van der Waals surface area contributed by atoms with E-state index in [4.69, 9.17) is 10.2 Å². The average molecular weight is 252 g/mol. The number of hydrogen-bond donors (Lipinski definition) is 3. The number of nitrogens with one attached hydrogen (secondary N) is 1. The third kappa shape index (κ3) is 4.33. The maximum atomic E-state index is 11.0. The van der Waals surface area contributed by atoms with Crippen molar-refractivity contribution in [2.75, 3.05) is 18.5 Å². The number of aryl methyl sites for hydroxylation is 1. The molecule has 1 heterocycles. The molecule has 0 amide bonds. The second-order valence-corrected chi connectivity index (χ2v) is 4.51. The summed E-state index contributed by atoms with van der Waals surface area (Å²) in [7, 11) is 0. The number of aromatic nitrogens is 1. The number of aliphatic hydroxyl groups is 1. The molecule has 0 bridgehead atoms. The van der Waals surface area contributed by atoms with Crippen LogP contribution in [0, 0.1) is 12.8 Å². The summed E-state index contributed by atoms with van der Waals surface area (Å²) in [5, 5.41) is 21.0. The van der Waals surface area contributed by atoms with Crippen molar-refractivity contribution >= 4 is 11.8 Å². The summed E-state index contributed by atoms with van der Waals surface area (Å²) >= 11 is 0. The molecule has 0 aromatic carbocycles. The van der Waals surface area contributed by atoms with Gasteiger partial charge in [-0.05, 0) is 37.8 Å². The zero-order valence-corrected chi connectivity index (χ0v) is 10.8. The fourth-order valence-electron chi connectivity index (χ4n) is 1.61. The highest BCUT2D eigenvalue weighted by Crippen LogP contribution is 2.14. The highest BCUT2D eigenvalue weighted by Gasteiger charge is 2.11. The first kappa shape index (κ1) is 14.4. The van der Waals surface area contributed by atoms with Crippen molar-refractivity contribution in [2.24, 2.45) is 5.92 Å². The topological polar surface area (TPSA) is 82.5 Å². The second-order valence-electron chi connectivity index (χ2n) is 4.51. The number of hydrogen-bond acceptors (Lipinski definition) is 4. The lowest BCUT2D eigenvalue weighted by Gasteiger charge is -2.11. The lowest BCUT2D eigenvalue weighted by atomic mass is 10.1. The molecule has 3 N–H and O–H groups in total. The molecule has 1 atom stereocenters. The minimum Gasteiger partial charge on any atom is -0.478 e.